The van der Waals surface area contributed by atoms with Gasteiger partial charge in [0, 0.05) is 48.2 Å². The average Bonchev–Trinajstić information content (AvgIpc) is 3.56. The lowest BCUT2D eigenvalue weighted by Crippen LogP contribution is -2.27. The smallest absolute Gasteiger partial charge is 0.261 e. The summed E-state index contributed by atoms with van der Waals surface area (Å²) in [4.78, 5) is 30.1. The zero-order chi connectivity index (χ0) is 24.4. The van der Waals surface area contributed by atoms with Crippen LogP contribution >= 0.6 is 11.3 Å². The molecule has 11 heteroatoms. The first kappa shape index (κ1) is 22.5. The fourth-order valence-electron chi connectivity index (χ4n) is 3.47. The van der Waals surface area contributed by atoms with E-state index in [0.29, 0.717) is 52.7 Å². The predicted octanol–water partition coefficient (Wildman–Crippen LogP) is 4.12. The van der Waals surface area contributed by atoms with E-state index in [4.69, 9.17) is 13.9 Å². The Kier molecular flexibility index (Phi) is 6.15. The molecule has 0 bridgehead atoms. The van der Waals surface area contributed by atoms with Gasteiger partial charge in [0.25, 0.3) is 11.8 Å². The van der Waals surface area contributed by atoms with Crippen LogP contribution in [0.2, 0.25) is 0 Å². The minimum absolute atomic E-state index is 0.188. The maximum Gasteiger partial charge on any atom is 0.261 e. The van der Waals surface area contributed by atoms with E-state index in [1.807, 2.05) is 6.92 Å². The van der Waals surface area contributed by atoms with Crippen molar-refractivity contribution in [2.45, 2.75) is 26.4 Å². The molecular formula is C24H21N5O5S. The first-order chi connectivity index (χ1) is 16.9. The summed E-state index contributed by atoms with van der Waals surface area (Å²) in [6.07, 6.45) is 1.60. The predicted molar refractivity (Wildman–Crippen MR) is 128 cm³/mol. The van der Waals surface area contributed by atoms with Crippen LogP contribution in [0.4, 0.5) is 5.13 Å². The topological polar surface area (TPSA) is 128 Å². The van der Waals surface area contributed by atoms with Gasteiger partial charge in [-0.3, -0.25) is 14.9 Å². The van der Waals surface area contributed by atoms with Gasteiger partial charge in [0.05, 0.1) is 0 Å². The van der Waals surface area contributed by atoms with Gasteiger partial charge in [0.15, 0.2) is 11.2 Å². The second kappa shape index (κ2) is 9.55. The van der Waals surface area contributed by atoms with Gasteiger partial charge in [0.2, 0.25) is 11.8 Å². The van der Waals surface area contributed by atoms with E-state index in [9.17, 15) is 9.59 Å². The Morgan fingerprint density at radius 2 is 1.91 bits per heavy atom. The number of amides is 2. The number of hydrogen-bond donors (Lipinski definition) is 2. The lowest BCUT2D eigenvalue weighted by molar-refractivity contribution is -0.124. The molecule has 0 radical (unpaired) electrons. The van der Waals surface area contributed by atoms with Crippen molar-refractivity contribution in [1.82, 2.24) is 20.5 Å². The molecule has 2 amide bonds. The van der Waals surface area contributed by atoms with Crippen LogP contribution < -0.4 is 20.1 Å². The van der Waals surface area contributed by atoms with Gasteiger partial charge in [-0.1, -0.05) is 0 Å². The zero-order valence-electron chi connectivity index (χ0n) is 18.9. The van der Waals surface area contributed by atoms with E-state index in [0.717, 1.165) is 10.4 Å². The Bertz CT molecular complexity index is 1380. The molecule has 5 rings (SSSR count). The van der Waals surface area contributed by atoms with Crippen molar-refractivity contribution < 1.29 is 23.5 Å². The number of rotatable bonds is 7. The number of hydrogen-bond acceptors (Lipinski definition) is 9. The Hall–Kier alpha value is -4.25. The second-order valence-corrected chi connectivity index (χ2v) is 9.10. The third-order valence-electron chi connectivity index (χ3n) is 5.12. The summed E-state index contributed by atoms with van der Waals surface area (Å²) >= 11 is 1.37. The number of ether oxygens (including phenoxy) is 2. The van der Waals surface area contributed by atoms with Crippen LogP contribution in [-0.2, 0) is 4.79 Å². The molecule has 4 aromatic rings. The lowest BCUT2D eigenvalue weighted by Gasteiger charge is -2.14. The third-order valence-corrected chi connectivity index (χ3v) is 5.95. The number of nitrogens with zero attached hydrogens (tertiary/aromatic N) is 3. The fourth-order valence-corrected chi connectivity index (χ4v) is 4.13. The molecule has 35 heavy (non-hydrogen) atoms. The highest BCUT2D eigenvalue weighted by Gasteiger charge is 2.26. The van der Waals surface area contributed by atoms with Gasteiger partial charge in [-0.25, -0.2) is 4.98 Å². The van der Waals surface area contributed by atoms with Crippen molar-refractivity contribution >= 4 is 28.3 Å². The third kappa shape index (κ3) is 5.30. The van der Waals surface area contributed by atoms with Crippen LogP contribution in [0, 0.1) is 13.8 Å². The molecule has 0 saturated carbocycles. The van der Waals surface area contributed by atoms with Gasteiger partial charge in [-0.05, 0) is 43.3 Å². The molecule has 0 spiro atoms. The summed E-state index contributed by atoms with van der Waals surface area (Å²) in [6, 6.07) is 11.9. The first-order valence-corrected chi connectivity index (χ1v) is 11.7. The highest BCUT2D eigenvalue weighted by molar-refractivity contribution is 7.15. The molecule has 1 aliphatic rings. The molecule has 1 atom stereocenters. The molecule has 1 aliphatic heterocycles. The van der Waals surface area contributed by atoms with E-state index in [1.54, 1.807) is 55.6 Å². The van der Waals surface area contributed by atoms with Crippen LogP contribution in [0.3, 0.4) is 0 Å². The Morgan fingerprint density at radius 1 is 1.11 bits per heavy atom. The van der Waals surface area contributed by atoms with Crippen molar-refractivity contribution in [3.8, 4) is 28.7 Å². The first-order valence-electron chi connectivity index (χ1n) is 10.8. The number of benzene rings is 2. The average molecular weight is 492 g/mol. The SMILES string of the molecule is Cc1nnc(-c2ccc(Oc3cc(O[C@@H]4CCNC4=O)cc(C(=O)Nc4ncc(C)s4)c3)cc2)o1. The summed E-state index contributed by atoms with van der Waals surface area (Å²) in [5, 5.41) is 13.9. The van der Waals surface area contributed by atoms with Crippen molar-refractivity contribution in [3.05, 3.63) is 65.0 Å². The molecule has 1 saturated heterocycles. The van der Waals surface area contributed by atoms with Crippen LogP contribution in [0.15, 0.2) is 53.1 Å². The van der Waals surface area contributed by atoms with Crippen molar-refractivity contribution in [2.24, 2.45) is 0 Å². The van der Waals surface area contributed by atoms with E-state index < -0.39 is 6.10 Å². The van der Waals surface area contributed by atoms with Crippen LogP contribution in [0.5, 0.6) is 17.2 Å². The minimum Gasteiger partial charge on any atom is -0.480 e. The summed E-state index contributed by atoms with van der Waals surface area (Å²) in [5.74, 6) is 1.59. The Morgan fingerprint density at radius 3 is 2.57 bits per heavy atom. The quantitative estimate of drug-likeness (QED) is 0.395. The van der Waals surface area contributed by atoms with Crippen LogP contribution in [0.1, 0.15) is 27.5 Å². The molecule has 0 unspecified atom stereocenters. The monoisotopic (exact) mass is 491 g/mol. The van der Waals surface area contributed by atoms with E-state index in [2.05, 4.69) is 25.8 Å². The molecule has 10 nitrogen and oxygen atoms in total. The number of nitrogens with one attached hydrogen (secondary N) is 2. The van der Waals surface area contributed by atoms with E-state index >= 15 is 0 Å². The van der Waals surface area contributed by atoms with Crippen LogP contribution in [0.25, 0.3) is 11.5 Å². The minimum atomic E-state index is -0.625. The number of anilines is 1. The van der Waals surface area contributed by atoms with Crippen molar-refractivity contribution in [3.63, 3.8) is 0 Å². The molecule has 2 aromatic heterocycles. The van der Waals surface area contributed by atoms with E-state index in [1.165, 1.54) is 11.3 Å². The fraction of sp³-hybridized carbons (Fsp3) is 0.208. The van der Waals surface area contributed by atoms with Crippen LogP contribution in [-0.4, -0.2) is 39.6 Å². The standard InChI is InChI=1S/C24H21N5O5S/c1-13-12-26-24(35-13)27-21(30)16-9-18(11-19(10-16)34-20-7-8-25-22(20)31)33-17-5-3-15(4-6-17)23-29-28-14(2)32-23/h3-6,9-12,20H,7-8H2,1-2H3,(H,25,31)(H,26,27,30)/t20-/m1/s1. The number of thiazole rings is 1. The summed E-state index contributed by atoms with van der Waals surface area (Å²) in [5.41, 5.74) is 1.06. The van der Waals surface area contributed by atoms with Gasteiger partial charge in [0.1, 0.15) is 17.2 Å². The molecule has 2 aromatic carbocycles. The number of aryl methyl sites for hydroxylation is 2. The lowest BCUT2D eigenvalue weighted by atomic mass is 10.1. The zero-order valence-corrected chi connectivity index (χ0v) is 19.7. The normalized spacial score (nSPS) is 15.0. The highest BCUT2D eigenvalue weighted by atomic mass is 32.1. The number of carbonyl (C=O) groups excluding carboxylic acids is 2. The molecule has 178 valence electrons. The van der Waals surface area contributed by atoms with Crippen molar-refractivity contribution in [2.75, 3.05) is 11.9 Å². The Balaban J connectivity index is 1.39. The molecule has 3 heterocycles. The van der Waals surface area contributed by atoms with Crippen molar-refractivity contribution in [1.29, 1.82) is 0 Å². The maximum absolute atomic E-state index is 12.9. The Labute approximate surface area is 204 Å². The van der Waals surface area contributed by atoms with Gasteiger partial charge in [-0.15, -0.1) is 21.5 Å². The van der Waals surface area contributed by atoms with E-state index in [-0.39, 0.29) is 11.8 Å². The van der Waals surface area contributed by atoms with Gasteiger partial charge >= 0.3 is 0 Å². The maximum atomic E-state index is 12.9. The van der Waals surface area contributed by atoms with Gasteiger partial charge < -0.3 is 19.2 Å². The summed E-state index contributed by atoms with van der Waals surface area (Å²) < 4.78 is 17.3. The summed E-state index contributed by atoms with van der Waals surface area (Å²) in [6.45, 7) is 4.18. The summed E-state index contributed by atoms with van der Waals surface area (Å²) in [7, 11) is 0. The highest BCUT2D eigenvalue weighted by Crippen LogP contribution is 2.31. The molecule has 1 fully saturated rings. The van der Waals surface area contributed by atoms with Gasteiger partial charge in [-0.2, -0.15) is 0 Å². The molecule has 2 N–H and O–H groups in total. The molecule has 0 aliphatic carbocycles. The number of carbonyl (C=O) groups is 2. The largest absolute Gasteiger partial charge is 0.480 e. The molecular weight excluding hydrogens is 470 g/mol. The second-order valence-electron chi connectivity index (χ2n) is 7.86. The number of aromatic nitrogens is 3.